The fourth-order valence-electron chi connectivity index (χ4n) is 2.01. The molecule has 6 heteroatoms. The maximum absolute atomic E-state index is 5.63. The monoisotopic (exact) mass is 357 g/mol. The van der Waals surface area contributed by atoms with Crippen molar-refractivity contribution in [3.63, 3.8) is 0 Å². The lowest BCUT2D eigenvalue weighted by molar-refractivity contribution is 0.309. The molecule has 5 nitrogen and oxygen atoms in total. The topological polar surface area (TPSA) is 54.9 Å². The molecule has 0 heterocycles. The molecule has 0 atom stereocenters. The number of unbranched alkanes of at least 4 members (excludes halogenated alkanes) is 1. The first-order chi connectivity index (χ1) is 12.2. The van der Waals surface area contributed by atoms with Crippen LogP contribution >= 0.6 is 12.2 Å². The summed E-state index contributed by atoms with van der Waals surface area (Å²) in [7, 11) is 1.63. The summed E-state index contributed by atoms with van der Waals surface area (Å²) in [5, 5.41) is 7.59. The van der Waals surface area contributed by atoms with Gasteiger partial charge in [-0.05, 0) is 60.6 Å². The minimum atomic E-state index is 0.407. The molecule has 0 radical (unpaired) electrons. The summed E-state index contributed by atoms with van der Waals surface area (Å²) in [5.74, 6) is 1.63. The number of methoxy groups -OCH3 is 1. The van der Waals surface area contributed by atoms with Crippen molar-refractivity contribution in [1.82, 2.24) is 5.43 Å². The van der Waals surface area contributed by atoms with Gasteiger partial charge in [0.15, 0.2) is 5.11 Å². The molecule has 0 aromatic heterocycles. The summed E-state index contributed by atoms with van der Waals surface area (Å²) in [6.07, 6.45) is 3.89. The molecule has 0 aliphatic heterocycles. The van der Waals surface area contributed by atoms with Crippen LogP contribution in [0.1, 0.15) is 25.3 Å². The standard InChI is InChI=1S/C19H23N3O2S/c1-3-4-12-24-17-10-8-15(9-11-17)14-20-22-19(25)21-16-6-5-7-18(13-16)23-2/h5-11,13-14H,3-4,12H2,1-2H3,(H2,21,22,25)/b20-14-. The van der Waals surface area contributed by atoms with Crippen LogP contribution in [-0.2, 0) is 0 Å². The van der Waals surface area contributed by atoms with Crippen LogP contribution in [0.5, 0.6) is 11.5 Å². The number of nitrogens with zero attached hydrogens (tertiary/aromatic N) is 1. The van der Waals surface area contributed by atoms with E-state index >= 15 is 0 Å². The second kappa shape index (κ2) is 10.3. The third-order valence-corrected chi connectivity index (χ3v) is 3.55. The fourth-order valence-corrected chi connectivity index (χ4v) is 2.18. The molecular weight excluding hydrogens is 334 g/mol. The van der Waals surface area contributed by atoms with Gasteiger partial charge in [-0.2, -0.15) is 5.10 Å². The minimum Gasteiger partial charge on any atom is -0.497 e. The Morgan fingerprint density at radius 1 is 1.16 bits per heavy atom. The Balaban J connectivity index is 1.80. The first-order valence-corrected chi connectivity index (χ1v) is 8.59. The van der Waals surface area contributed by atoms with Gasteiger partial charge < -0.3 is 14.8 Å². The number of thiocarbonyl (C=S) groups is 1. The summed E-state index contributed by atoms with van der Waals surface area (Å²) in [4.78, 5) is 0. The van der Waals surface area contributed by atoms with Crippen LogP contribution in [0.2, 0.25) is 0 Å². The molecule has 2 rings (SSSR count). The first kappa shape index (κ1) is 18.7. The van der Waals surface area contributed by atoms with Crippen molar-refractivity contribution < 1.29 is 9.47 Å². The highest BCUT2D eigenvalue weighted by Crippen LogP contribution is 2.16. The van der Waals surface area contributed by atoms with Crippen LogP contribution in [0, 0.1) is 0 Å². The van der Waals surface area contributed by atoms with Gasteiger partial charge in [0.1, 0.15) is 11.5 Å². The zero-order valence-corrected chi connectivity index (χ0v) is 15.3. The maximum Gasteiger partial charge on any atom is 0.191 e. The van der Waals surface area contributed by atoms with Gasteiger partial charge in [-0.15, -0.1) is 0 Å². The van der Waals surface area contributed by atoms with Crippen LogP contribution in [0.15, 0.2) is 53.6 Å². The third-order valence-electron chi connectivity index (χ3n) is 3.35. The highest BCUT2D eigenvalue weighted by atomic mass is 32.1. The summed E-state index contributed by atoms with van der Waals surface area (Å²) in [6.45, 7) is 2.89. The zero-order valence-electron chi connectivity index (χ0n) is 14.5. The third kappa shape index (κ3) is 6.81. The van der Waals surface area contributed by atoms with Gasteiger partial charge in [-0.1, -0.05) is 19.4 Å². The van der Waals surface area contributed by atoms with E-state index in [9.17, 15) is 0 Å². The highest BCUT2D eigenvalue weighted by Gasteiger charge is 1.98. The van der Waals surface area contributed by atoms with Gasteiger partial charge >= 0.3 is 0 Å². The van der Waals surface area contributed by atoms with Crippen molar-refractivity contribution >= 4 is 29.2 Å². The van der Waals surface area contributed by atoms with Crippen molar-refractivity contribution in [3.8, 4) is 11.5 Å². The van der Waals surface area contributed by atoms with E-state index in [1.54, 1.807) is 13.3 Å². The highest BCUT2D eigenvalue weighted by molar-refractivity contribution is 7.80. The quantitative estimate of drug-likeness (QED) is 0.321. The predicted molar refractivity (Wildman–Crippen MR) is 107 cm³/mol. The van der Waals surface area contributed by atoms with Gasteiger partial charge in [0, 0.05) is 11.8 Å². The van der Waals surface area contributed by atoms with Gasteiger partial charge in [0.05, 0.1) is 19.9 Å². The molecular formula is C19H23N3O2S. The number of benzene rings is 2. The van der Waals surface area contributed by atoms with Crippen molar-refractivity contribution in [3.05, 3.63) is 54.1 Å². The van der Waals surface area contributed by atoms with Gasteiger partial charge in [-0.3, -0.25) is 5.43 Å². The van der Waals surface area contributed by atoms with Crippen LogP contribution in [0.25, 0.3) is 0 Å². The molecule has 0 amide bonds. The Labute approximate surface area is 154 Å². The first-order valence-electron chi connectivity index (χ1n) is 8.18. The molecule has 0 saturated heterocycles. The van der Waals surface area contributed by atoms with Crippen LogP contribution in [0.4, 0.5) is 5.69 Å². The molecule has 25 heavy (non-hydrogen) atoms. The average Bonchev–Trinajstić information content (AvgIpc) is 2.63. The molecule has 0 bridgehead atoms. The van der Waals surface area contributed by atoms with E-state index in [0.29, 0.717) is 5.11 Å². The van der Waals surface area contributed by atoms with E-state index in [-0.39, 0.29) is 0 Å². The Bertz CT molecular complexity index is 702. The lowest BCUT2D eigenvalue weighted by Crippen LogP contribution is -2.23. The molecule has 0 aliphatic rings. The molecule has 0 saturated carbocycles. The van der Waals surface area contributed by atoms with Crippen LogP contribution in [-0.4, -0.2) is 25.0 Å². The van der Waals surface area contributed by atoms with E-state index in [1.165, 1.54) is 0 Å². The largest absolute Gasteiger partial charge is 0.497 e. The molecule has 2 aromatic rings. The lowest BCUT2D eigenvalue weighted by atomic mass is 10.2. The summed E-state index contributed by atoms with van der Waals surface area (Å²) < 4.78 is 10.8. The van der Waals surface area contributed by atoms with Crippen LogP contribution < -0.4 is 20.2 Å². The Hall–Kier alpha value is -2.60. The van der Waals surface area contributed by atoms with E-state index in [2.05, 4.69) is 22.8 Å². The van der Waals surface area contributed by atoms with Crippen molar-refractivity contribution in [1.29, 1.82) is 0 Å². The van der Waals surface area contributed by atoms with Crippen LogP contribution in [0.3, 0.4) is 0 Å². The van der Waals surface area contributed by atoms with Crippen molar-refractivity contribution in [2.24, 2.45) is 5.10 Å². The van der Waals surface area contributed by atoms with E-state index < -0.39 is 0 Å². The van der Waals surface area contributed by atoms with Gasteiger partial charge in [0.2, 0.25) is 0 Å². The molecule has 132 valence electrons. The van der Waals surface area contributed by atoms with E-state index in [4.69, 9.17) is 21.7 Å². The number of nitrogens with one attached hydrogen (secondary N) is 2. The molecule has 0 spiro atoms. The smallest absolute Gasteiger partial charge is 0.191 e. The summed E-state index contributed by atoms with van der Waals surface area (Å²) in [5.41, 5.74) is 4.58. The normalized spacial score (nSPS) is 10.5. The fraction of sp³-hybridized carbons (Fsp3) is 0.263. The number of rotatable bonds is 8. The summed E-state index contributed by atoms with van der Waals surface area (Å²) in [6, 6.07) is 15.3. The second-order valence-electron chi connectivity index (χ2n) is 5.33. The number of anilines is 1. The van der Waals surface area contributed by atoms with Gasteiger partial charge in [0.25, 0.3) is 0 Å². The summed E-state index contributed by atoms with van der Waals surface area (Å²) >= 11 is 5.21. The lowest BCUT2D eigenvalue weighted by Gasteiger charge is -2.08. The Kier molecular flexibility index (Phi) is 7.72. The average molecular weight is 357 g/mol. The van der Waals surface area contributed by atoms with E-state index in [0.717, 1.165) is 42.2 Å². The Morgan fingerprint density at radius 2 is 1.96 bits per heavy atom. The maximum atomic E-state index is 5.63. The zero-order chi connectivity index (χ0) is 17.9. The minimum absolute atomic E-state index is 0.407. The molecule has 0 fully saturated rings. The van der Waals surface area contributed by atoms with Crippen molar-refractivity contribution in [2.45, 2.75) is 19.8 Å². The van der Waals surface area contributed by atoms with E-state index in [1.807, 2.05) is 48.5 Å². The predicted octanol–water partition coefficient (Wildman–Crippen LogP) is 4.19. The second-order valence-corrected chi connectivity index (χ2v) is 5.74. The van der Waals surface area contributed by atoms with Crippen molar-refractivity contribution in [2.75, 3.05) is 19.0 Å². The molecule has 2 aromatic carbocycles. The Morgan fingerprint density at radius 3 is 2.68 bits per heavy atom. The number of hydrazone groups is 1. The number of hydrogen-bond donors (Lipinski definition) is 2. The number of hydrogen-bond acceptors (Lipinski definition) is 4. The molecule has 0 unspecified atom stereocenters. The molecule has 0 aliphatic carbocycles. The number of ether oxygens (including phenoxy) is 2. The van der Waals surface area contributed by atoms with Gasteiger partial charge in [-0.25, -0.2) is 0 Å². The SMILES string of the molecule is CCCCOc1ccc(/C=N\NC(=S)Nc2cccc(OC)c2)cc1. The molecule has 2 N–H and O–H groups in total.